The lowest BCUT2D eigenvalue weighted by molar-refractivity contribution is 0.371. The van der Waals surface area contributed by atoms with Crippen molar-refractivity contribution in [3.63, 3.8) is 0 Å². The van der Waals surface area contributed by atoms with Crippen molar-refractivity contribution in [2.24, 2.45) is 0 Å². The van der Waals surface area contributed by atoms with E-state index in [0.717, 1.165) is 0 Å². The van der Waals surface area contributed by atoms with Crippen LogP contribution >= 0.6 is 7.60 Å². The summed E-state index contributed by atoms with van der Waals surface area (Å²) >= 11 is 0. The van der Waals surface area contributed by atoms with E-state index in [1.165, 1.54) is 0 Å². The Hall–Kier alpha value is -0.670. The van der Waals surface area contributed by atoms with E-state index in [1.807, 2.05) is 6.07 Å². The molecule has 0 saturated heterocycles. The molecule has 5 heteroatoms. The van der Waals surface area contributed by atoms with E-state index >= 15 is 0 Å². The number of rotatable bonds is 2. The summed E-state index contributed by atoms with van der Waals surface area (Å²) in [6.45, 7) is 0. The fraction of sp³-hybridized carbons (Fsp3) is 0.143. The van der Waals surface area contributed by atoms with Gasteiger partial charge in [-0.05, 0) is 5.56 Å². The van der Waals surface area contributed by atoms with Gasteiger partial charge in [-0.1, -0.05) is 30.3 Å². The van der Waals surface area contributed by atoms with Crippen molar-refractivity contribution in [2.75, 3.05) is 0 Å². The highest BCUT2D eigenvalue weighted by molar-refractivity contribution is 7.50. The lowest BCUT2D eigenvalue weighted by Crippen LogP contribution is -1.84. The number of benzene rings is 1. The fourth-order valence-corrected chi connectivity index (χ4v) is 1.51. The van der Waals surface area contributed by atoms with Crippen LogP contribution in [0.4, 0.5) is 0 Å². The molecular formula is C7H11O4P. The van der Waals surface area contributed by atoms with E-state index in [1.54, 1.807) is 24.3 Å². The summed E-state index contributed by atoms with van der Waals surface area (Å²) in [5.74, 6) is 0. The van der Waals surface area contributed by atoms with Gasteiger partial charge in [0, 0.05) is 0 Å². The van der Waals surface area contributed by atoms with Crippen LogP contribution in [0.5, 0.6) is 0 Å². The monoisotopic (exact) mass is 190 g/mol. The van der Waals surface area contributed by atoms with Crippen molar-refractivity contribution in [1.29, 1.82) is 0 Å². The molecule has 0 fully saturated rings. The SMILES string of the molecule is O.O=P(O)(O)Cc1ccccc1. The summed E-state index contributed by atoms with van der Waals surface area (Å²) in [5, 5.41) is 0. The van der Waals surface area contributed by atoms with Crippen LogP contribution in [0.2, 0.25) is 0 Å². The predicted molar refractivity (Wildman–Crippen MR) is 45.8 cm³/mol. The lowest BCUT2D eigenvalue weighted by Gasteiger charge is -2.01. The van der Waals surface area contributed by atoms with Gasteiger partial charge < -0.3 is 15.3 Å². The maximum absolute atomic E-state index is 10.5. The fourth-order valence-electron chi connectivity index (χ4n) is 0.821. The summed E-state index contributed by atoms with van der Waals surface area (Å²) < 4.78 is 10.5. The topological polar surface area (TPSA) is 89.0 Å². The predicted octanol–water partition coefficient (Wildman–Crippen LogP) is 0.540. The van der Waals surface area contributed by atoms with Gasteiger partial charge in [0.1, 0.15) is 0 Å². The van der Waals surface area contributed by atoms with Gasteiger partial charge in [-0.25, -0.2) is 0 Å². The standard InChI is InChI=1S/C7H9O3P.H2O/c8-11(9,10)6-7-4-2-1-3-5-7;/h1-5H,6H2,(H2,8,9,10);1H2. The Morgan fingerprint density at radius 3 is 2.08 bits per heavy atom. The summed E-state index contributed by atoms with van der Waals surface area (Å²) in [6.07, 6.45) is -0.173. The third-order valence-corrected chi connectivity index (χ3v) is 2.01. The number of hydrogen-bond acceptors (Lipinski definition) is 1. The molecule has 68 valence electrons. The Morgan fingerprint density at radius 2 is 1.67 bits per heavy atom. The van der Waals surface area contributed by atoms with E-state index in [-0.39, 0.29) is 11.6 Å². The zero-order chi connectivity index (χ0) is 8.32. The molecule has 12 heavy (non-hydrogen) atoms. The molecule has 0 amide bonds. The van der Waals surface area contributed by atoms with Crippen molar-refractivity contribution in [2.45, 2.75) is 6.16 Å². The highest BCUT2D eigenvalue weighted by Gasteiger charge is 2.12. The quantitative estimate of drug-likeness (QED) is 0.667. The van der Waals surface area contributed by atoms with E-state index in [2.05, 4.69) is 0 Å². The smallest absolute Gasteiger partial charge is 0.329 e. The molecule has 0 radical (unpaired) electrons. The van der Waals surface area contributed by atoms with Gasteiger partial charge in [0.2, 0.25) is 0 Å². The molecule has 0 aliphatic rings. The molecular weight excluding hydrogens is 179 g/mol. The molecule has 0 bridgehead atoms. The lowest BCUT2D eigenvalue weighted by atomic mass is 10.2. The highest BCUT2D eigenvalue weighted by atomic mass is 31.2. The van der Waals surface area contributed by atoms with Gasteiger partial charge in [0.15, 0.2) is 0 Å². The third kappa shape index (κ3) is 4.26. The van der Waals surface area contributed by atoms with Gasteiger partial charge in [0.25, 0.3) is 0 Å². The first-order valence-corrected chi connectivity index (χ1v) is 4.96. The van der Waals surface area contributed by atoms with Gasteiger partial charge in [-0.3, -0.25) is 4.57 Å². The molecule has 4 N–H and O–H groups in total. The second-order valence-electron chi connectivity index (χ2n) is 2.31. The Bertz CT molecular complexity index is 266. The average molecular weight is 190 g/mol. The molecule has 1 aromatic rings. The largest absolute Gasteiger partial charge is 0.412 e. The van der Waals surface area contributed by atoms with E-state index in [0.29, 0.717) is 5.56 Å². The molecule has 1 rings (SSSR count). The normalized spacial score (nSPS) is 10.5. The van der Waals surface area contributed by atoms with Crippen LogP contribution in [-0.4, -0.2) is 15.3 Å². The molecule has 0 unspecified atom stereocenters. The third-order valence-electron chi connectivity index (χ3n) is 1.23. The summed E-state index contributed by atoms with van der Waals surface area (Å²) in [4.78, 5) is 17.2. The Kier molecular flexibility index (Phi) is 4.13. The molecule has 0 saturated carbocycles. The zero-order valence-electron chi connectivity index (χ0n) is 6.34. The maximum Gasteiger partial charge on any atom is 0.329 e. The number of hydrogen-bond donors (Lipinski definition) is 2. The van der Waals surface area contributed by atoms with E-state index < -0.39 is 7.60 Å². The Labute approximate surface area is 70.3 Å². The van der Waals surface area contributed by atoms with Crippen LogP contribution in [0, 0.1) is 0 Å². The van der Waals surface area contributed by atoms with Crippen LogP contribution in [0.3, 0.4) is 0 Å². The van der Waals surface area contributed by atoms with Gasteiger partial charge in [-0.2, -0.15) is 0 Å². The molecule has 0 atom stereocenters. The maximum atomic E-state index is 10.5. The van der Waals surface area contributed by atoms with Crippen LogP contribution < -0.4 is 0 Å². The molecule has 0 heterocycles. The van der Waals surface area contributed by atoms with Crippen molar-refractivity contribution < 1.29 is 19.8 Å². The van der Waals surface area contributed by atoms with Crippen molar-refractivity contribution in [3.05, 3.63) is 35.9 Å². The summed E-state index contributed by atoms with van der Waals surface area (Å²) in [6, 6.07) is 8.71. The highest BCUT2D eigenvalue weighted by Crippen LogP contribution is 2.38. The van der Waals surface area contributed by atoms with Crippen LogP contribution in [0.1, 0.15) is 5.56 Å². The molecule has 0 aromatic heterocycles. The van der Waals surface area contributed by atoms with Gasteiger partial charge in [0.05, 0.1) is 6.16 Å². The first-order chi connectivity index (χ1) is 5.08. The minimum absolute atomic E-state index is 0. The van der Waals surface area contributed by atoms with E-state index in [4.69, 9.17) is 9.79 Å². The Morgan fingerprint density at radius 1 is 1.17 bits per heavy atom. The minimum atomic E-state index is -3.89. The van der Waals surface area contributed by atoms with E-state index in [9.17, 15) is 4.57 Å². The van der Waals surface area contributed by atoms with Gasteiger partial charge in [-0.15, -0.1) is 0 Å². The minimum Gasteiger partial charge on any atom is -0.412 e. The van der Waals surface area contributed by atoms with Crippen LogP contribution in [0.25, 0.3) is 0 Å². The molecule has 0 aliphatic carbocycles. The van der Waals surface area contributed by atoms with Gasteiger partial charge >= 0.3 is 7.60 Å². The van der Waals surface area contributed by atoms with Crippen molar-refractivity contribution >= 4 is 7.60 Å². The average Bonchev–Trinajstić information content (AvgIpc) is 1.85. The molecule has 4 nitrogen and oxygen atoms in total. The summed E-state index contributed by atoms with van der Waals surface area (Å²) in [5.41, 5.74) is 0.667. The molecule has 1 aromatic carbocycles. The summed E-state index contributed by atoms with van der Waals surface area (Å²) in [7, 11) is -3.89. The molecule has 0 spiro atoms. The zero-order valence-corrected chi connectivity index (χ0v) is 7.24. The van der Waals surface area contributed by atoms with Crippen LogP contribution in [-0.2, 0) is 10.7 Å². The second-order valence-corrected chi connectivity index (χ2v) is 3.95. The first-order valence-electron chi connectivity index (χ1n) is 3.16. The first kappa shape index (κ1) is 11.3. The van der Waals surface area contributed by atoms with Crippen LogP contribution in [0.15, 0.2) is 30.3 Å². The second kappa shape index (κ2) is 4.38. The van der Waals surface area contributed by atoms with Crippen molar-refractivity contribution in [3.8, 4) is 0 Å². The Balaban J connectivity index is 0.00000121. The van der Waals surface area contributed by atoms with Crippen molar-refractivity contribution in [1.82, 2.24) is 0 Å². The molecule has 0 aliphatic heterocycles.